The Morgan fingerprint density at radius 2 is 1.93 bits per heavy atom. The van der Waals surface area contributed by atoms with Crippen LogP contribution in [0.15, 0.2) is 30.5 Å². The molecule has 3 aromatic rings. The topological polar surface area (TPSA) is 88.9 Å². The maximum absolute atomic E-state index is 12.6. The number of pyridine rings is 1. The van der Waals surface area contributed by atoms with Crippen molar-refractivity contribution in [2.75, 3.05) is 10.6 Å². The van der Waals surface area contributed by atoms with Crippen LogP contribution in [0.1, 0.15) is 39.5 Å². The zero-order chi connectivity index (χ0) is 19.8. The van der Waals surface area contributed by atoms with Crippen LogP contribution in [0, 0.1) is 26.7 Å². The third kappa shape index (κ3) is 3.82. The van der Waals surface area contributed by atoms with Crippen molar-refractivity contribution in [2.24, 2.45) is 5.92 Å². The van der Waals surface area contributed by atoms with E-state index < -0.39 is 0 Å². The number of carbonyl (C=O) groups is 2. The summed E-state index contributed by atoms with van der Waals surface area (Å²) in [6.45, 7) is 5.77. The van der Waals surface area contributed by atoms with Gasteiger partial charge in [0.15, 0.2) is 5.82 Å². The number of rotatable bonds is 5. The molecule has 1 aliphatic carbocycles. The van der Waals surface area contributed by atoms with E-state index in [2.05, 4.69) is 20.7 Å². The van der Waals surface area contributed by atoms with Crippen molar-refractivity contribution in [1.29, 1.82) is 0 Å². The van der Waals surface area contributed by atoms with Gasteiger partial charge < -0.3 is 10.6 Å². The van der Waals surface area contributed by atoms with Crippen LogP contribution >= 0.6 is 11.3 Å². The van der Waals surface area contributed by atoms with Gasteiger partial charge in [0, 0.05) is 11.6 Å². The van der Waals surface area contributed by atoms with E-state index in [4.69, 9.17) is 0 Å². The zero-order valence-electron chi connectivity index (χ0n) is 15.9. The van der Waals surface area contributed by atoms with Gasteiger partial charge in [-0.3, -0.25) is 9.59 Å². The van der Waals surface area contributed by atoms with E-state index >= 15 is 0 Å². The van der Waals surface area contributed by atoms with Gasteiger partial charge >= 0.3 is 0 Å². The number of aryl methyl sites for hydroxylation is 3. The Hall–Kier alpha value is -3.00. The maximum Gasteiger partial charge on any atom is 0.266 e. The number of hydrogen-bond donors (Lipinski definition) is 2. The minimum absolute atomic E-state index is 0.0390. The summed E-state index contributed by atoms with van der Waals surface area (Å²) in [6, 6.07) is 7.44. The molecule has 0 atom stereocenters. The Labute approximate surface area is 166 Å². The van der Waals surface area contributed by atoms with Crippen molar-refractivity contribution < 1.29 is 9.59 Å². The monoisotopic (exact) mass is 395 g/mol. The quantitative estimate of drug-likeness (QED) is 0.687. The first-order valence-corrected chi connectivity index (χ1v) is 9.94. The molecule has 0 unspecified atom stereocenters. The van der Waals surface area contributed by atoms with Crippen molar-refractivity contribution in [3.8, 4) is 5.82 Å². The van der Waals surface area contributed by atoms with Crippen LogP contribution in [0.3, 0.4) is 0 Å². The number of aromatic nitrogens is 3. The summed E-state index contributed by atoms with van der Waals surface area (Å²) in [6.07, 6.45) is 3.51. The number of carbonyl (C=O) groups excluding carboxylic acids is 2. The van der Waals surface area contributed by atoms with Crippen molar-refractivity contribution >= 4 is 33.8 Å². The molecule has 0 aliphatic heterocycles. The van der Waals surface area contributed by atoms with Gasteiger partial charge in [-0.25, -0.2) is 9.67 Å². The van der Waals surface area contributed by atoms with Crippen molar-refractivity contribution in [2.45, 2.75) is 33.6 Å². The van der Waals surface area contributed by atoms with Gasteiger partial charge in [-0.2, -0.15) is 5.10 Å². The molecule has 7 nitrogen and oxygen atoms in total. The highest BCUT2D eigenvalue weighted by molar-refractivity contribution is 7.18. The first-order valence-electron chi connectivity index (χ1n) is 9.13. The molecule has 4 rings (SSSR count). The molecule has 144 valence electrons. The number of nitrogens with one attached hydrogen (secondary N) is 2. The summed E-state index contributed by atoms with van der Waals surface area (Å²) in [4.78, 5) is 29.5. The van der Waals surface area contributed by atoms with Crippen molar-refractivity contribution in [3.63, 3.8) is 0 Å². The van der Waals surface area contributed by atoms with E-state index in [-0.39, 0.29) is 17.7 Å². The number of amides is 2. The first kappa shape index (κ1) is 18.4. The first-order chi connectivity index (χ1) is 13.4. The number of thiophene rings is 1. The lowest BCUT2D eigenvalue weighted by atomic mass is 10.2. The highest BCUT2D eigenvalue weighted by atomic mass is 32.1. The van der Waals surface area contributed by atoms with Crippen LogP contribution in [-0.4, -0.2) is 26.6 Å². The molecular weight excluding hydrogens is 374 g/mol. The van der Waals surface area contributed by atoms with Gasteiger partial charge in [-0.1, -0.05) is 0 Å². The number of nitrogens with zero attached hydrogens (tertiary/aromatic N) is 3. The maximum atomic E-state index is 12.6. The highest BCUT2D eigenvalue weighted by Gasteiger charge is 2.30. The van der Waals surface area contributed by atoms with Gasteiger partial charge in [-0.15, -0.1) is 11.3 Å². The summed E-state index contributed by atoms with van der Waals surface area (Å²) in [7, 11) is 0. The predicted molar refractivity (Wildman–Crippen MR) is 109 cm³/mol. The molecule has 2 N–H and O–H groups in total. The fourth-order valence-electron chi connectivity index (χ4n) is 2.97. The summed E-state index contributed by atoms with van der Waals surface area (Å²) >= 11 is 1.29. The fraction of sp³-hybridized carbons (Fsp3) is 0.300. The predicted octanol–water partition coefficient (Wildman–Crippen LogP) is 3.85. The van der Waals surface area contributed by atoms with E-state index in [9.17, 15) is 9.59 Å². The van der Waals surface area contributed by atoms with Crippen molar-refractivity contribution in [1.82, 2.24) is 14.8 Å². The highest BCUT2D eigenvalue weighted by Crippen LogP contribution is 2.33. The summed E-state index contributed by atoms with van der Waals surface area (Å²) in [5.74, 6) is 0.652. The van der Waals surface area contributed by atoms with E-state index in [1.807, 2.05) is 39.0 Å². The van der Waals surface area contributed by atoms with Crippen LogP contribution in [0.2, 0.25) is 0 Å². The lowest BCUT2D eigenvalue weighted by Gasteiger charge is -2.07. The Balaban J connectivity index is 1.45. The minimum atomic E-state index is -0.213. The average molecular weight is 395 g/mol. The molecule has 1 saturated carbocycles. The summed E-state index contributed by atoms with van der Waals surface area (Å²) in [5.41, 5.74) is 3.36. The van der Waals surface area contributed by atoms with Gasteiger partial charge in [0.25, 0.3) is 5.91 Å². The van der Waals surface area contributed by atoms with Crippen LogP contribution in [0.5, 0.6) is 0 Å². The molecule has 0 spiro atoms. The van der Waals surface area contributed by atoms with Gasteiger partial charge in [-0.05, 0) is 63.4 Å². The largest absolute Gasteiger partial charge is 0.320 e. The Morgan fingerprint density at radius 1 is 1.14 bits per heavy atom. The molecule has 3 heterocycles. The van der Waals surface area contributed by atoms with Crippen LogP contribution in [-0.2, 0) is 4.79 Å². The van der Waals surface area contributed by atoms with E-state index in [1.54, 1.807) is 16.9 Å². The molecule has 0 aromatic carbocycles. The lowest BCUT2D eigenvalue weighted by molar-refractivity contribution is -0.117. The van der Waals surface area contributed by atoms with Crippen LogP contribution < -0.4 is 10.6 Å². The average Bonchev–Trinajstić information content (AvgIpc) is 3.36. The lowest BCUT2D eigenvalue weighted by Crippen LogP contribution is -2.12. The smallest absolute Gasteiger partial charge is 0.266 e. The normalized spacial score (nSPS) is 13.4. The second kappa shape index (κ2) is 7.20. The number of hydrogen-bond acceptors (Lipinski definition) is 5. The summed E-state index contributed by atoms with van der Waals surface area (Å²) < 4.78 is 1.76. The molecule has 1 fully saturated rings. The molecule has 0 saturated heterocycles. The SMILES string of the molecule is Cc1cc(C)n(-c2ccc(NC(=O)c3sc(NC(=O)C4CC4)cc3C)cn2)n1. The third-order valence-electron chi connectivity index (χ3n) is 4.55. The Bertz CT molecular complexity index is 1050. The molecular formula is C20H21N5O2S. The fourth-order valence-corrected chi connectivity index (χ4v) is 3.94. The Morgan fingerprint density at radius 3 is 2.54 bits per heavy atom. The zero-order valence-corrected chi connectivity index (χ0v) is 16.8. The van der Waals surface area contributed by atoms with Crippen LogP contribution in [0.25, 0.3) is 5.82 Å². The van der Waals surface area contributed by atoms with Crippen LogP contribution in [0.4, 0.5) is 10.7 Å². The van der Waals surface area contributed by atoms with E-state index in [0.29, 0.717) is 21.4 Å². The van der Waals surface area contributed by atoms with E-state index in [0.717, 1.165) is 29.8 Å². The molecule has 2 amide bonds. The van der Waals surface area contributed by atoms with Gasteiger partial charge in [0.05, 0.1) is 27.5 Å². The molecule has 3 aromatic heterocycles. The number of anilines is 2. The molecule has 1 aliphatic rings. The molecule has 28 heavy (non-hydrogen) atoms. The third-order valence-corrected chi connectivity index (χ3v) is 5.70. The second-order valence-corrected chi connectivity index (χ2v) is 8.14. The standard InChI is InChI=1S/C20H21N5O2S/c1-11-8-17(23-19(26)14-4-5-14)28-18(11)20(27)22-15-6-7-16(21-10-15)25-13(3)9-12(2)24-25/h6-10,14H,4-5H2,1-3H3,(H,22,27)(H,23,26). The molecule has 8 heteroatoms. The Kier molecular flexibility index (Phi) is 4.72. The molecule has 0 radical (unpaired) electrons. The summed E-state index contributed by atoms with van der Waals surface area (Å²) in [5, 5.41) is 10.9. The van der Waals surface area contributed by atoms with E-state index in [1.165, 1.54) is 11.3 Å². The molecule has 0 bridgehead atoms. The van der Waals surface area contributed by atoms with Gasteiger partial charge in [0.2, 0.25) is 5.91 Å². The second-order valence-electron chi connectivity index (χ2n) is 7.08. The van der Waals surface area contributed by atoms with Crippen molar-refractivity contribution in [3.05, 3.63) is 52.3 Å². The van der Waals surface area contributed by atoms with Gasteiger partial charge in [0.1, 0.15) is 0 Å². The minimum Gasteiger partial charge on any atom is -0.320 e.